The van der Waals surface area contributed by atoms with Gasteiger partial charge in [-0.25, -0.2) is 4.79 Å². The lowest BCUT2D eigenvalue weighted by Gasteiger charge is -2.31. The van der Waals surface area contributed by atoms with Crippen molar-refractivity contribution in [3.8, 4) is 0 Å². The molecule has 0 radical (unpaired) electrons. The van der Waals surface area contributed by atoms with Gasteiger partial charge in [-0.2, -0.15) is 13.2 Å². The number of aliphatic hydroxyl groups is 1. The molecule has 3 N–H and O–H groups in total. The Morgan fingerprint density at radius 2 is 1.86 bits per heavy atom. The molecule has 130 valence electrons. The number of rotatable bonds is 4. The number of aliphatic hydroxyl groups excluding tert-OH is 1. The van der Waals surface area contributed by atoms with E-state index in [0.717, 1.165) is 19.3 Å². The summed E-state index contributed by atoms with van der Waals surface area (Å²) in [6, 6.07) is -0.296. The van der Waals surface area contributed by atoms with Crippen LogP contribution in [0.3, 0.4) is 0 Å². The van der Waals surface area contributed by atoms with E-state index in [0.29, 0.717) is 6.42 Å². The van der Waals surface area contributed by atoms with Gasteiger partial charge in [0.2, 0.25) is 0 Å². The van der Waals surface area contributed by atoms with E-state index in [2.05, 4.69) is 10.6 Å². The van der Waals surface area contributed by atoms with Crippen LogP contribution in [0.4, 0.5) is 18.0 Å². The number of halogens is 3. The van der Waals surface area contributed by atoms with Crippen molar-refractivity contribution in [2.24, 2.45) is 0 Å². The van der Waals surface area contributed by atoms with Crippen molar-refractivity contribution in [1.82, 2.24) is 10.6 Å². The number of carbonyl (C=O) groups excluding carboxylic acids is 1. The van der Waals surface area contributed by atoms with Crippen molar-refractivity contribution in [3.63, 3.8) is 0 Å². The molecule has 0 aromatic heterocycles. The Labute approximate surface area is 128 Å². The maximum Gasteiger partial charge on any atom is 0.415 e. The van der Waals surface area contributed by atoms with Gasteiger partial charge in [0.05, 0.1) is 0 Å². The summed E-state index contributed by atoms with van der Waals surface area (Å²) in [5, 5.41) is 14.4. The number of alkyl halides is 3. The van der Waals surface area contributed by atoms with Crippen molar-refractivity contribution in [1.29, 1.82) is 0 Å². The molecular weight excluding hydrogens is 301 g/mol. The molecule has 5 nitrogen and oxygen atoms in total. The smallest absolute Gasteiger partial charge is 0.415 e. The zero-order chi connectivity index (χ0) is 17.0. The second-order valence-electron chi connectivity index (χ2n) is 6.67. The Morgan fingerprint density at radius 1 is 1.27 bits per heavy atom. The molecule has 8 heteroatoms. The zero-order valence-electron chi connectivity index (χ0n) is 13.2. The Balaban J connectivity index is 2.37. The second kappa shape index (κ2) is 7.50. The van der Waals surface area contributed by atoms with Crippen LogP contribution >= 0.6 is 0 Å². The van der Waals surface area contributed by atoms with Crippen LogP contribution in [0.15, 0.2) is 0 Å². The molecule has 1 aliphatic rings. The van der Waals surface area contributed by atoms with Gasteiger partial charge in [-0.05, 0) is 46.5 Å². The highest BCUT2D eigenvalue weighted by Gasteiger charge is 2.38. The quantitative estimate of drug-likeness (QED) is 0.741. The Hall–Kier alpha value is -1.02. The van der Waals surface area contributed by atoms with E-state index >= 15 is 0 Å². The molecule has 1 fully saturated rings. The third kappa shape index (κ3) is 7.31. The summed E-state index contributed by atoms with van der Waals surface area (Å²) in [5.41, 5.74) is -0.590. The van der Waals surface area contributed by atoms with Gasteiger partial charge in [0.25, 0.3) is 0 Å². The molecule has 3 unspecified atom stereocenters. The van der Waals surface area contributed by atoms with Crippen molar-refractivity contribution in [2.75, 3.05) is 6.54 Å². The number of carbonyl (C=O) groups is 1. The van der Waals surface area contributed by atoms with E-state index in [1.807, 2.05) is 0 Å². The summed E-state index contributed by atoms with van der Waals surface area (Å²) >= 11 is 0. The zero-order valence-corrected chi connectivity index (χ0v) is 13.2. The average molecular weight is 326 g/mol. The Bertz CT molecular complexity index is 369. The Kier molecular flexibility index (Phi) is 6.49. The minimum atomic E-state index is -4.62. The molecule has 0 spiro atoms. The van der Waals surface area contributed by atoms with Crippen molar-refractivity contribution < 1.29 is 27.8 Å². The molecule has 1 amide bonds. The van der Waals surface area contributed by atoms with E-state index in [4.69, 9.17) is 9.84 Å². The third-order valence-corrected chi connectivity index (χ3v) is 3.37. The normalized spacial score (nSPS) is 24.7. The molecule has 3 atom stereocenters. The highest BCUT2D eigenvalue weighted by atomic mass is 19.4. The molecule has 0 aliphatic heterocycles. The molecule has 1 rings (SSSR count). The second-order valence-corrected chi connectivity index (χ2v) is 6.67. The molecule has 22 heavy (non-hydrogen) atoms. The lowest BCUT2D eigenvalue weighted by atomic mass is 9.91. The summed E-state index contributed by atoms with van der Waals surface area (Å²) in [6.07, 6.45) is -4.71. The molecule has 0 saturated heterocycles. The van der Waals surface area contributed by atoms with Crippen molar-refractivity contribution in [3.05, 3.63) is 0 Å². The number of ether oxygens (including phenoxy) is 1. The Morgan fingerprint density at radius 3 is 2.41 bits per heavy atom. The van der Waals surface area contributed by atoms with E-state index in [9.17, 15) is 18.0 Å². The predicted octanol–water partition coefficient (Wildman–Crippen LogP) is 2.34. The average Bonchev–Trinajstić information content (AvgIpc) is 2.32. The molecule has 0 aromatic rings. The van der Waals surface area contributed by atoms with E-state index in [-0.39, 0.29) is 12.1 Å². The van der Waals surface area contributed by atoms with Crippen LogP contribution in [0.2, 0.25) is 0 Å². The number of hydrogen-bond donors (Lipinski definition) is 3. The summed E-state index contributed by atoms with van der Waals surface area (Å²) in [5.74, 6) is 0. The number of alkyl carbamates (subject to hydrolysis) is 1. The van der Waals surface area contributed by atoms with Crippen LogP contribution < -0.4 is 10.6 Å². The molecule has 0 heterocycles. The fourth-order valence-electron chi connectivity index (χ4n) is 2.37. The van der Waals surface area contributed by atoms with E-state index < -0.39 is 30.5 Å². The van der Waals surface area contributed by atoms with Crippen LogP contribution in [0.1, 0.15) is 46.5 Å². The molecular formula is C14H25F3N2O3. The maximum atomic E-state index is 12.2. The highest BCUT2D eigenvalue weighted by Crippen LogP contribution is 2.22. The standard InChI is InChI=1S/C14H25F3N2O3/c1-13(2,3)22-12(21)19-10-6-4-5-9(7-10)18-8-11(20)14(15,16)17/h9-11,18,20H,4-8H2,1-3H3,(H,19,21). The van der Waals surface area contributed by atoms with E-state index in [1.54, 1.807) is 20.8 Å². The third-order valence-electron chi connectivity index (χ3n) is 3.37. The van der Waals surface area contributed by atoms with Crippen LogP contribution in [0.5, 0.6) is 0 Å². The van der Waals surface area contributed by atoms with Crippen molar-refractivity contribution in [2.45, 2.75) is 76.4 Å². The topological polar surface area (TPSA) is 70.6 Å². The molecule has 0 bridgehead atoms. The minimum absolute atomic E-state index is 0.135. The molecule has 1 aliphatic carbocycles. The first-order valence-corrected chi connectivity index (χ1v) is 7.45. The lowest BCUT2D eigenvalue weighted by molar-refractivity contribution is -0.202. The fourth-order valence-corrected chi connectivity index (χ4v) is 2.37. The van der Waals surface area contributed by atoms with Gasteiger partial charge < -0.3 is 20.5 Å². The summed E-state index contributed by atoms with van der Waals surface area (Å²) < 4.78 is 41.9. The predicted molar refractivity (Wildman–Crippen MR) is 75.5 cm³/mol. The van der Waals surface area contributed by atoms with Crippen LogP contribution in [-0.4, -0.2) is 47.7 Å². The van der Waals surface area contributed by atoms with Gasteiger partial charge in [-0.1, -0.05) is 0 Å². The monoisotopic (exact) mass is 326 g/mol. The van der Waals surface area contributed by atoms with Crippen LogP contribution in [-0.2, 0) is 4.74 Å². The number of nitrogens with one attached hydrogen (secondary N) is 2. The van der Waals surface area contributed by atoms with Gasteiger partial charge in [-0.15, -0.1) is 0 Å². The highest BCUT2D eigenvalue weighted by molar-refractivity contribution is 5.68. The van der Waals surface area contributed by atoms with Crippen LogP contribution in [0.25, 0.3) is 0 Å². The largest absolute Gasteiger partial charge is 0.444 e. The van der Waals surface area contributed by atoms with Gasteiger partial charge >= 0.3 is 12.3 Å². The van der Waals surface area contributed by atoms with E-state index in [1.165, 1.54) is 0 Å². The van der Waals surface area contributed by atoms with Gasteiger partial charge in [0.1, 0.15) is 5.60 Å². The minimum Gasteiger partial charge on any atom is -0.444 e. The van der Waals surface area contributed by atoms with Gasteiger partial charge in [0.15, 0.2) is 6.10 Å². The number of amides is 1. The summed E-state index contributed by atoms with van der Waals surface area (Å²) in [7, 11) is 0. The first-order valence-electron chi connectivity index (χ1n) is 7.45. The van der Waals surface area contributed by atoms with Crippen molar-refractivity contribution >= 4 is 6.09 Å². The number of hydrogen-bond acceptors (Lipinski definition) is 4. The summed E-state index contributed by atoms with van der Waals surface area (Å²) in [6.45, 7) is 4.75. The SMILES string of the molecule is CC(C)(C)OC(=O)NC1CCCC(NCC(O)C(F)(F)F)C1. The maximum absolute atomic E-state index is 12.2. The lowest BCUT2D eigenvalue weighted by Crippen LogP contribution is -2.48. The molecule has 0 aromatic carbocycles. The first-order chi connectivity index (χ1) is 9.97. The first kappa shape index (κ1) is 19.0. The fraction of sp³-hybridized carbons (Fsp3) is 0.929. The summed E-state index contributed by atoms with van der Waals surface area (Å²) in [4.78, 5) is 11.7. The van der Waals surface area contributed by atoms with Gasteiger partial charge in [-0.3, -0.25) is 0 Å². The van der Waals surface area contributed by atoms with Crippen LogP contribution in [0, 0.1) is 0 Å². The van der Waals surface area contributed by atoms with Gasteiger partial charge in [0, 0.05) is 18.6 Å². The molecule has 1 saturated carbocycles.